The van der Waals surface area contributed by atoms with Gasteiger partial charge in [-0.1, -0.05) is 0 Å². The summed E-state index contributed by atoms with van der Waals surface area (Å²) in [5, 5.41) is 3.43. The van der Waals surface area contributed by atoms with E-state index < -0.39 is 39.5 Å². The number of amides is 1. The van der Waals surface area contributed by atoms with Crippen molar-refractivity contribution in [1.29, 1.82) is 0 Å². The van der Waals surface area contributed by atoms with Crippen LogP contribution in [0.5, 0.6) is 0 Å². The van der Waals surface area contributed by atoms with E-state index in [-0.39, 0.29) is 11.3 Å². The smallest absolute Gasteiger partial charge is 0.365 e. The Balaban J connectivity index is 2.36. The molecule has 2 rings (SSSR count). The van der Waals surface area contributed by atoms with Gasteiger partial charge in [0.15, 0.2) is 9.84 Å². The summed E-state index contributed by atoms with van der Waals surface area (Å²) in [5.41, 5.74) is 3.61. The lowest BCUT2D eigenvalue weighted by molar-refractivity contribution is -0.141. The van der Waals surface area contributed by atoms with Gasteiger partial charge < -0.3 is 11.1 Å². The molecule has 0 saturated heterocycles. The van der Waals surface area contributed by atoms with Gasteiger partial charge in [0, 0.05) is 5.41 Å². The van der Waals surface area contributed by atoms with Crippen molar-refractivity contribution in [3.63, 3.8) is 0 Å². The van der Waals surface area contributed by atoms with Gasteiger partial charge >= 0.3 is 6.18 Å². The first-order valence-corrected chi connectivity index (χ1v) is 7.35. The number of hydrogen-bond donors (Lipinski definition) is 2. The fourth-order valence-electron chi connectivity index (χ4n) is 1.77. The van der Waals surface area contributed by atoms with E-state index in [1.165, 1.54) is 6.08 Å². The van der Waals surface area contributed by atoms with Crippen LogP contribution in [0.3, 0.4) is 0 Å². The molecule has 0 aliphatic carbocycles. The Hall–Kier alpha value is -2.10. The number of anilines is 1. The molecular weight excluding hydrogens is 311 g/mol. The largest absolute Gasteiger partial charge is 0.433 e. The van der Waals surface area contributed by atoms with Gasteiger partial charge in [-0.2, -0.15) is 13.2 Å². The molecule has 21 heavy (non-hydrogen) atoms. The van der Waals surface area contributed by atoms with Gasteiger partial charge in [-0.05, 0) is 18.2 Å². The number of nitrogens with two attached hydrogens (primary N) is 1. The fourth-order valence-corrected chi connectivity index (χ4v) is 3.00. The lowest BCUT2D eigenvalue weighted by atomic mass is 10.2. The molecule has 114 valence electrons. The Bertz CT molecular complexity index is 713. The number of rotatable bonds is 3. The monoisotopic (exact) mass is 321 g/mol. The normalized spacial score (nSPS) is 20.4. The molecule has 10 heteroatoms. The van der Waals surface area contributed by atoms with E-state index in [4.69, 9.17) is 5.73 Å². The highest BCUT2D eigenvalue weighted by molar-refractivity contribution is 7.94. The van der Waals surface area contributed by atoms with Gasteiger partial charge in [-0.3, -0.25) is 4.79 Å². The molecule has 1 aliphatic rings. The first-order chi connectivity index (χ1) is 9.58. The number of carbonyl (C=O) groups excluding carboxylic acids is 1. The summed E-state index contributed by atoms with van der Waals surface area (Å²) in [6.07, 6.45) is -3.42. The van der Waals surface area contributed by atoms with Crippen molar-refractivity contribution in [2.45, 2.75) is 12.2 Å². The summed E-state index contributed by atoms with van der Waals surface area (Å²) in [5.74, 6) is -1.70. The summed E-state index contributed by atoms with van der Waals surface area (Å²) < 4.78 is 60.4. The van der Waals surface area contributed by atoms with Gasteiger partial charge in [-0.15, -0.1) is 0 Å². The van der Waals surface area contributed by atoms with Crippen LogP contribution in [0.15, 0.2) is 23.6 Å². The van der Waals surface area contributed by atoms with Gasteiger partial charge in [0.1, 0.15) is 11.5 Å². The number of nitrogens with zero attached hydrogens (tertiary/aromatic N) is 1. The molecular formula is C11H10F3N3O3S. The van der Waals surface area contributed by atoms with Crippen LogP contribution < -0.4 is 11.1 Å². The number of pyridine rings is 1. The first-order valence-electron chi connectivity index (χ1n) is 5.64. The Kier molecular flexibility index (Phi) is 3.66. The molecule has 1 aromatic rings. The van der Waals surface area contributed by atoms with Gasteiger partial charge in [0.25, 0.3) is 5.91 Å². The Morgan fingerprint density at radius 2 is 2.05 bits per heavy atom. The molecule has 1 aliphatic heterocycles. The van der Waals surface area contributed by atoms with Crippen LogP contribution in [-0.2, 0) is 16.0 Å². The summed E-state index contributed by atoms with van der Waals surface area (Å²) in [6.45, 7) is 0. The maximum absolute atomic E-state index is 12.6. The standard InChI is InChI=1S/C11H10F3N3O3S/c12-11(13,14)8-2-1-7(9(15)18)10(17-8)16-6-3-4-21(19,20)5-6/h1-4,6H,5H2,(H2,15,18)(H,16,17). The molecule has 0 spiro atoms. The van der Waals surface area contributed by atoms with Crippen LogP contribution in [0.2, 0.25) is 0 Å². The average molecular weight is 321 g/mol. The van der Waals surface area contributed by atoms with E-state index in [0.717, 1.165) is 11.5 Å². The number of nitrogens with one attached hydrogen (secondary N) is 1. The summed E-state index contributed by atoms with van der Waals surface area (Å²) in [7, 11) is -3.40. The third kappa shape index (κ3) is 3.51. The Morgan fingerprint density at radius 3 is 2.52 bits per heavy atom. The number of primary amides is 1. The van der Waals surface area contributed by atoms with E-state index >= 15 is 0 Å². The molecule has 6 nitrogen and oxygen atoms in total. The molecule has 0 aromatic carbocycles. The predicted octanol–water partition coefficient (Wildman–Crippen LogP) is 0.922. The molecule has 0 bridgehead atoms. The summed E-state index contributed by atoms with van der Waals surface area (Å²) in [6, 6.07) is 0.754. The highest BCUT2D eigenvalue weighted by Crippen LogP contribution is 2.30. The zero-order valence-electron chi connectivity index (χ0n) is 10.4. The summed E-state index contributed by atoms with van der Waals surface area (Å²) >= 11 is 0. The van der Waals surface area contributed by atoms with Crippen LogP contribution in [0, 0.1) is 0 Å². The number of aromatic nitrogens is 1. The predicted molar refractivity (Wildman–Crippen MR) is 68.1 cm³/mol. The molecule has 0 saturated carbocycles. The topological polar surface area (TPSA) is 102 Å². The Morgan fingerprint density at radius 1 is 1.38 bits per heavy atom. The second kappa shape index (κ2) is 5.02. The number of alkyl halides is 3. The maximum Gasteiger partial charge on any atom is 0.433 e. The van der Waals surface area contributed by atoms with Gasteiger partial charge in [-0.25, -0.2) is 13.4 Å². The van der Waals surface area contributed by atoms with Crippen molar-refractivity contribution >= 4 is 21.6 Å². The zero-order valence-corrected chi connectivity index (χ0v) is 11.2. The molecule has 1 unspecified atom stereocenters. The van der Waals surface area contributed by atoms with Crippen molar-refractivity contribution in [3.05, 3.63) is 34.9 Å². The number of hydrogen-bond acceptors (Lipinski definition) is 5. The average Bonchev–Trinajstić information content (AvgIpc) is 2.67. The van der Waals surface area contributed by atoms with Gasteiger partial charge in [0.2, 0.25) is 0 Å². The van der Waals surface area contributed by atoms with Crippen LogP contribution in [0.4, 0.5) is 19.0 Å². The minimum atomic E-state index is -4.69. The van der Waals surface area contributed by atoms with Crippen molar-refractivity contribution in [1.82, 2.24) is 4.98 Å². The lowest BCUT2D eigenvalue weighted by Crippen LogP contribution is -2.25. The maximum atomic E-state index is 12.6. The van der Waals surface area contributed by atoms with Crippen molar-refractivity contribution in [3.8, 4) is 0 Å². The van der Waals surface area contributed by atoms with Crippen molar-refractivity contribution < 1.29 is 26.4 Å². The molecule has 1 atom stereocenters. The van der Waals surface area contributed by atoms with Crippen molar-refractivity contribution in [2.24, 2.45) is 5.73 Å². The second-order valence-electron chi connectivity index (χ2n) is 4.36. The van der Waals surface area contributed by atoms with Crippen LogP contribution in [0.25, 0.3) is 0 Å². The minimum Gasteiger partial charge on any atom is -0.365 e. The molecule has 3 N–H and O–H groups in total. The number of carbonyl (C=O) groups is 1. The quantitative estimate of drug-likeness (QED) is 0.862. The highest BCUT2D eigenvalue weighted by Gasteiger charge is 2.34. The van der Waals surface area contributed by atoms with Crippen LogP contribution >= 0.6 is 0 Å². The fraction of sp³-hybridized carbons (Fsp3) is 0.273. The molecule has 0 fully saturated rings. The number of halogens is 3. The zero-order chi connectivity index (χ0) is 15.8. The third-order valence-corrected chi connectivity index (χ3v) is 4.10. The van der Waals surface area contributed by atoms with Crippen molar-refractivity contribution in [2.75, 3.05) is 11.1 Å². The molecule has 2 heterocycles. The van der Waals surface area contributed by atoms with E-state index in [0.29, 0.717) is 6.07 Å². The SMILES string of the molecule is NC(=O)c1ccc(C(F)(F)F)nc1NC1C=CS(=O)(=O)C1. The molecule has 1 amide bonds. The highest BCUT2D eigenvalue weighted by atomic mass is 32.2. The van der Waals surface area contributed by atoms with E-state index in [9.17, 15) is 26.4 Å². The number of sulfone groups is 1. The minimum absolute atomic E-state index is 0.249. The summed E-state index contributed by atoms with van der Waals surface area (Å²) in [4.78, 5) is 14.5. The molecule has 1 aromatic heterocycles. The van der Waals surface area contributed by atoms with Gasteiger partial charge in [0.05, 0.1) is 17.4 Å². The Labute approximate surface area is 117 Å². The van der Waals surface area contributed by atoms with E-state index in [1.807, 2.05) is 0 Å². The molecule has 0 radical (unpaired) electrons. The third-order valence-electron chi connectivity index (χ3n) is 2.70. The van der Waals surface area contributed by atoms with E-state index in [1.54, 1.807) is 0 Å². The van der Waals surface area contributed by atoms with Crippen LogP contribution in [0.1, 0.15) is 16.1 Å². The van der Waals surface area contributed by atoms with E-state index in [2.05, 4.69) is 10.3 Å². The lowest BCUT2D eigenvalue weighted by Gasteiger charge is -2.15. The second-order valence-corrected chi connectivity index (χ2v) is 6.29. The van der Waals surface area contributed by atoms with Crippen LogP contribution in [-0.4, -0.2) is 31.1 Å². The first kappa shape index (κ1) is 15.3.